The summed E-state index contributed by atoms with van der Waals surface area (Å²) in [6, 6.07) is 8.72. The van der Waals surface area contributed by atoms with Crippen LogP contribution in [0, 0.1) is 0 Å². The van der Waals surface area contributed by atoms with Gasteiger partial charge in [0, 0.05) is 10.0 Å². The number of hydrogen-bond donors (Lipinski definition) is 2. The van der Waals surface area contributed by atoms with E-state index in [-0.39, 0.29) is 22.0 Å². The zero-order valence-electron chi connectivity index (χ0n) is 12.6. The highest BCUT2D eigenvalue weighted by atomic mass is 35.5. The number of aliphatic hydroxyl groups is 1. The summed E-state index contributed by atoms with van der Waals surface area (Å²) in [5, 5.41) is 19.1. The van der Waals surface area contributed by atoms with Gasteiger partial charge in [-0.05, 0) is 54.3 Å². The molecular weight excluding hydrogens is 380 g/mol. The van der Waals surface area contributed by atoms with Gasteiger partial charge in [0.05, 0.1) is 5.56 Å². The number of rotatable bonds is 5. The van der Waals surface area contributed by atoms with E-state index >= 15 is 0 Å². The lowest BCUT2D eigenvalue weighted by molar-refractivity contribution is -0.269. The Balaban J connectivity index is 2.30. The first-order chi connectivity index (χ1) is 11.5. The van der Waals surface area contributed by atoms with Gasteiger partial charge in [-0.15, -0.1) is 0 Å². The van der Waals surface area contributed by atoms with Gasteiger partial charge in [0.25, 0.3) is 0 Å². The van der Waals surface area contributed by atoms with Crippen LogP contribution in [0.2, 0.25) is 10.0 Å². The van der Waals surface area contributed by atoms with Crippen molar-refractivity contribution >= 4 is 29.2 Å². The van der Waals surface area contributed by atoms with Crippen molar-refractivity contribution in [3.8, 4) is 0 Å². The molecule has 0 amide bonds. The van der Waals surface area contributed by atoms with Crippen LogP contribution in [0.5, 0.6) is 0 Å². The molecule has 25 heavy (non-hydrogen) atoms. The molecule has 3 nitrogen and oxygen atoms in total. The topological polar surface area (TPSA) is 57.5 Å². The fourth-order valence-corrected chi connectivity index (χ4v) is 2.91. The Morgan fingerprint density at radius 2 is 1.52 bits per heavy atom. The number of halogens is 5. The van der Waals surface area contributed by atoms with Crippen molar-refractivity contribution in [3.63, 3.8) is 0 Å². The van der Waals surface area contributed by atoms with Gasteiger partial charge in [-0.2, -0.15) is 13.2 Å². The Hall–Kier alpha value is -1.76. The molecule has 0 aliphatic rings. The second kappa shape index (κ2) is 7.23. The monoisotopic (exact) mass is 392 g/mol. The molecule has 0 saturated heterocycles. The second-order valence-electron chi connectivity index (χ2n) is 5.52. The average Bonchev–Trinajstić information content (AvgIpc) is 2.50. The number of benzene rings is 2. The third kappa shape index (κ3) is 4.45. The lowest BCUT2D eigenvalue weighted by atomic mass is 9.87. The number of aryl methyl sites for hydroxylation is 1. The minimum absolute atomic E-state index is 0.0176. The van der Waals surface area contributed by atoms with Crippen molar-refractivity contribution in [1.29, 1.82) is 0 Å². The first kappa shape index (κ1) is 19.6. The first-order valence-corrected chi connectivity index (χ1v) is 7.86. The summed E-state index contributed by atoms with van der Waals surface area (Å²) in [5.74, 6) is -1.13. The van der Waals surface area contributed by atoms with E-state index in [0.717, 1.165) is 12.1 Å². The normalized spacial score (nSPS) is 14.2. The lowest BCUT2D eigenvalue weighted by Gasteiger charge is -2.31. The molecule has 2 rings (SSSR count). The molecule has 1 unspecified atom stereocenters. The SMILES string of the molecule is O=C(O)c1ccc(CCC(O)(c2cc(Cl)cc(Cl)c2)C(F)(F)F)cc1. The number of aromatic carboxylic acids is 1. The highest BCUT2D eigenvalue weighted by Crippen LogP contribution is 2.43. The van der Waals surface area contributed by atoms with Crippen LogP contribution in [0.1, 0.15) is 27.9 Å². The zero-order chi connectivity index (χ0) is 18.8. The number of alkyl halides is 3. The molecule has 0 aliphatic carbocycles. The van der Waals surface area contributed by atoms with Gasteiger partial charge in [0.2, 0.25) is 0 Å². The third-order valence-corrected chi connectivity index (χ3v) is 4.22. The van der Waals surface area contributed by atoms with Gasteiger partial charge < -0.3 is 10.2 Å². The van der Waals surface area contributed by atoms with Crippen molar-refractivity contribution in [2.45, 2.75) is 24.6 Å². The number of carboxylic acids is 1. The molecule has 2 aromatic carbocycles. The number of carboxylic acid groups (broad SMARTS) is 1. The van der Waals surface area contributed by atoms with Crippen LogP contribution in [0.4, 0.5) is 13.2 Å². The predicted molar refractivity (Wildman–Crippen MR) is 88.1 cm³/mol. The molecule has 0 bridgehead atoms. The molecule has 0 aromatic heterocycles. The van der Waals surface area contributed by atoms with E-state index in [1.54, 1.807) is 0 Å². The fraction of sp³-hybridized carbons (Fsp3) is 0.235. The summed E-state index contributed by atoms with van der Waals surface area (Å²) in [5.41, 5.74) is -3.09. The standard InChI is InChI=1S/C17H13Cl2F3O3/c18-13-7-12(8-14(19)9-13)16(25,17(20,21)22)6-5-10-1-3-11(4-2-10)15(23)24/h1-4,7-9,25H,5-6H2,(H,23,24). The molecule has 2 N–H and O–H groups in total. The summed E-state index contributed by atoms with van der Waals surface area (Å²) in [6.07, 6.45) is -5.73. The van der Waals surface area contributed by atoms with E-state index in [1.165, 1.54) is 30.3 Å². The first-order valence-electron chi connectivity index (χ1n) is 7.11. The van der Waals surface area contributed by atoms with Gasteiger partial charge in [-0.3, -0.25) is 0 Å². The number of hydrogen-bond acceptors (Lipinski definition) is 2. The van der Waals surface area contributed by atoms with E-state index in [0.29, 0.717) is 5.56 Å². The smallest absolute Gasteiger partial charge is 0.421 e. The van der Waals surface area contributed by atoms with Gasteiger partial charge in [-0.25, -0.2) is 4.79 Å². The molecule has 0 radical (unpaired) electrons. The molecule has 0 fully saturated rings. The Bertz CT molecular complexity index is 755. The molecule has 0 saturated carbocycles. The summed E-state index contributed by atoms with van der Waals surface area (Å²) >= 11 is 11.5. The van der Waals surface area contributed by atoms with E-state index < -0.39 is 29.7 Å². The average molecular weight is 393 g/mol. The fourth-order valence-electron chi connectivity index (χ4n) is 2.38. The van der Waals surface area contributed by atoms with Crippen LogP contribution in [0.25, 0.3) is 0 Å². The predicted octanol–water partition coefficient (Wildman–Crippen LogP) is 5.07. The molecule has 1 atom stereocenters. The van der Waals surface area contributed by atoms with Crippen molar-refractivity contribution in [2.75, 3.05) is 0 Å². The molecule has 0 heterocycles. The maximum atomic E-state index is 13.5. The van der Waals surface area contributed by atoms with Gasteiger partial charge in [0.1, 0.15) is 0 Å². The van der Waals surface area contributed by atoms with Gasteiger partial charge >= 0.3 is 12.1 Å². The van der Waals surface area contributed by atoms with Crippen molar-refractivity contribution in [1.82, 2.24) is 0 Å². The quantitative estimate of drug-likeness (QED) is 0.746. The Morgan fingerprint density at radius 1 is 1.00 bits per heavy atom. The van der Waals surface area contributed by atoms with Crippen LogP contribution in [-0.4, -0.2) is 22.4 Å². The summed E-state index contributed by atoms with van der Waals surface area (Å²) in [6.45, 7) is 0. The minimum atomic E-state index is -4.94. The van der Waals surface area contributed by atoms with Crippen molar-refractivity contribution in [3.05, 3.63) is 69.2 Å². The van der Waals surface area contributed by atoms with Crippen LogP contribution in [0.15, 0.2) is 42.5 Å². The van der Waals surface area contributed by atoms with Crippen molar-refractivity contribution in [2.24, 2.45) is 0 Å². The van der Waals surface area contributed by atoms with E-state index in [1.807, 2.05) is 0 Å². The minimum Gasteiger partial charge on any atom is -0.478 e. The highest BCUT2D eigenvalue weighted by molar-refractivity contribution is 6.34. The summed E-state index contributed by atoms with van der Waals surface area (Å²) in [4.78, 5) is 10.8. The van der Waals surface area contributed by atoms with Gasteiger partial charge in [0.15, 0.2) is 5.60 Å². The number of carbonyl (C=O) groups is 1. The van der Waals surface area contributed by atoms with Gasteiger partial charge in [-0.1, -0.05) is 35.3 Å². The Morgan fingerprint density at radius 3 is 1.96 bits per heavy atom. The Labute approximate surface area is 151 Å². The third-order valence-electron chi connectivity index (χ3n) is 3.79. The maximum Gasteiger partial charge on any atom is 0.421 e. The van der Waals surface area contributed by atoms with E-state index in [4.69, 9.17) is 28.3 Å². The zero-order valence-corrected chi connectivity index (χ0v) is 14.2. The van der Waals surface area contributed by atoms with E-state index in [9.17, 15) is 23.1 Å². The summed E-state index contributed by atoms with van der Waals surface area (Å²) < 4.78 is 40.5. The van der Waals surface area contributed by atoms with E-state index in [2.05, 4.69) is 0 Å². The van der Waals surface area contributed by atoms with Crippen LogP contribution in [0.3, 0.4) is 0 Å². The van der Waals surface area contributed by atoms with Crippen LogP contribution < -0.4 is 0 Å². The second-order valence-corrected chi connectivity index (χ2v) is 6.39. The largest absolute Gasteiger partial charge is 0.478 e. The summed E-state index contributed by atoms with van der Waals surface area (Å²) in [7, 11) is 0. The van der Waals surface area contributed by atoms with Crippen LogP contribution >= 0.6 is 23.2 Å². The molecular formula is C17H13Cl2F3O3. The highest BCUT2D eigenvalue weighted by Gasteiger charge is 2.54. The lowest BCUT2D eigenvalue weighted by Crippen LogP contribution is -2.42. The van der Waals surface area contributed by atoms with Crippen LogP contribution in [-0.2, 0) is 12.0 Å². The van der Waals surface area contributed by atoms with Crippen molar-refractivity contribution < 1.29 is 28.2 Å². The molecule has 134 valence electrons. The molecule has 0 spiro atoms. The maximum absolute atomic E-state index is 13.5. The Kier molecular flexibility index (Phi) is 5.66. The molecule has 2 aromatic rings. The molecule has 8 heteroatoms. The molecule has 0 aliphatic heterocycles.